The molecule has 5 nitrogen and oxygen atoms in total. The lowest BCUT2D eigenvalue weighted by Crippen LogP contribution is -2.29. The number of carbonyl (C=O) groups is 1. The zero-order valence-electron chi connectivity index (χ0n) is 16.9. The van der Waals surface area contributed by atoms with Gasteiger partial charge in [0.2, 0.25) is 5.91 Å². The average Bonchev–Trinajstić information content (AvgIpc) is 2.81. The van der Waals surface area contributed by atoms with Gasteiger partial charge in [0.1, 0.15) is 5.03 Å². The van der Waals surface area contributed by atoms with Crippen molar-refractivity contribution in [3.8, 4) is 11.3 Å². The highest BCUT2D eigenvalue weighted by molar-refractivity contribution is 7.99. The quantitative estimate of drug-likeness (QED) is 0.434. The smallest absolute Gasteiger partial charge is 0.234 e. The number of benzene rings is 2. The molecule has 1 aliphatic heterocycles. The number of halogens is 2. The third-order valence-corrected chi connectivity index (χ3v) is 6.56. The summed E-state index contributed by atoms with van der Waals surface area (Å²) in [7, 11) is 0. The minimum absolute atomic E-state index is 0.187. The predicted octanol–water partition coefficient (Wildman–Crippen LogP) is 6.17. The topological polar surface area (TPSA) is 58.1 Å². The molecule has 8 heteroatoms. The normalized spacial score (nSPS) is 13.8. The fourth-order valence-electron chi connectivity index (χ4n) is 3.47. The molecule has 1 saturated heterocycles. The van der Waals surface area contributed by atoms with Gasteiger partial charge in [0, 0.05) is 29.4 Å². The van der Waals surface area contributed by atoms with E-state index in [0.717, 1.165) is 24.3 Å². The van der Waals surface area contributed by atoms with Crippen molar-refractivity contribution in [2.24, 2.45) is 0 Å². The summed E-state index contributed by atoms with van der Waals surface area (Å²) in [5.74, 6) is 0.00912. The molecule has 0 radical (unpaired) electrons. The summed E-state index contributed by atoms with van der Waals surface area (Å²) in [6, 6.07) is 17.2. The average molecular weight is 473 g/mol. The number of thioether (sulfide) groups is 1. The van der Waals surface area contributed by atoms with Gasteiger partial charge >= 0.3 is 0 Å². The van der Waals surface area contributed by atoms with Crippen LogP contribution in [0.25, 0.3) is 11.3 Å². The van der Waals surface area contributed by atoms with Gasteiger partial charge < -0.3 is 10.2 Å². The van der Waals surface area contributed by atoms with Gasteiger partial charge in [-0.15, -0.1) is 10.2 Å². The Morgan fingerprint density at radius 3 is 2.45 bits per heavy atom. The molecule has 1 N–H and O–H groups in total. The van der Waals surface area contributed by atoms with Crippen molar-refractivity contribution < 1.29 is 4.79 Å². The van der Waals surface area contributed by atoms with Crippen molar-refractivity contribution >= 4 is 52.2 Å². The Kier molecular flexibility index (Phi) is 7.33. The molecular weight excluding hydrogens is 451 g/mol. The number of amides is 1. The van der Waals surface area contributed by atoms with E-state index in [1.165, 1.54) is 36.7 Å². The molecule has 1 aliphatic rings. The first-order valence-corrected chi connectivity index (χ1v) is 11.9. The lowest BCUT2D eigenvalue weighted by molar-refractivity contribution is -0.113. The second kappa shape index (κ2) is 10.4. The fraction of sp³-hybridized carbons (Fsp3) is 0.261. The van der Waals surface area contributed by atoms with Crippen molar-refractivity contribution in [2.75, 3.05) is 29.1 Å². The Morgan fingerprint density at radius 2 is 1.74 bits per heavy atom. The monoisotopic (exact) mass is 472 g/mol. The van der Waals surface area contributed by atoms with Crippen molar-refractivity contribution in [1.82, 2.24) is 10.2 Å². The summed E-state index contributed by atoms with van der Waals surface area (Å²) in [6.07, 6.45) is 3.84. The molecule has 3 aromatic rings. The second-order valence-electron chi connectivity index (χ2n) is 7.31. The lowest BCUT2D eigenvalue weighted by Gasteiger charge is -2.28. The van der Waals surface area contributed by atoms with Gasteiger partial charge in [0.05, 0.1) is 22.2 Å². The number of carbonyl (C=O) groups excluding carboxylic acids is 1. The Labute approximate surface area is 196 Å². The number of hydrogen-bond donors (Lipinski definition) is 1. The van der Waals surface area contributed by atoms with E-state index in [4.69, 9.17) is 23.2 Å². The summed E-state index contributed by atoms with van der Waals surface area (Å²) >= 11 is 13.3. The van der Waals surface area contributed by atoms with Crippen LogP contribution >= 0.6 is 35.0 Å². The van der Waals surface area contributed by atoms with Crippen LogP contribution < -0.4 is 10.2 Å². The molecule has 0 unspecified atom stereocenters. The highest BCUT2D eigenvalue weighted by atomic mass is 35.5. The molecular formula is C23H22Cl2N4OS. The number of piperidine rings is 1. The third-order valence-electron chi connectivity index (χ3n) is 5.08. The van der Waals surface area contributed by atoms with Crippen LogP contribution in [-0.2, 0) is 4.79 Å². The van der Waals surface area contributed by atoms with Gasteiger partial charge in [-0.25, -0.2) is 0 Å². The van der Waals surface area contributed by atoms with Crippen molar-refractivity contribution in [1.29, 1.82) is 0 Å². The molecule has 0 aliphatic carbocycles. The van der Waals surface area contributed by atoms with E-state index in [-0.39, 0.29) is 11.7 Å². The summed E-state index contributed by atoms with van der Waals surface area (Å²) in [4.78, 5) is 14.6. The van der Waals surface area contributed by atoms with E-state index in [2.05, 4.69) is 44.7 Å². The van der Waals surface area contributed by atoms with Crippen LogP contribution in [0.15, 0.2) is 59.6 Å². The minimum atomic E-state index is -0.187. The molecule has 2 heterocycles. The van der Waals surface area contributed by atoms with Crippen LogP contribution in [-0.4, -0.2) is 34.9 Å². The van der Waals surface area contributed by atoms with Crippen LogP contribution in [0.3, 0.4) is 0 Å². The first-order valence-electron chi connectivity index (χ1n) is 10.2. The third kappa shape index (κ3) is 5.91. The van der Waals surface area contributed by atoms with Crippen LogP contribution in [0.5, 0.6) is 0 Å². The molecule has 2 aromatic carbocycles. The summed E-state index contributed by atoms with van der Waals surface area (Å²) in [5, 5.41) is 13.0. The van der Waals surface area contributed by atoms with Gasteiger partial charge in [-0.1, -0.05) is 47.1 Å². The second-order valence-corrected chi connectivity index (χ2v) is 9.15. The molecule has 160 valence electrons. The highest BCUT2D eigenvalue weighted by Gasteiger charge is 2.12. The molecule has 0 spiro atoms. The first-order chi connectivity index (χ1) is 15.1. The van der Waals surface area contributed by atoms with Crippen LogP contribution in [0.4, 0.5) is 11.4 Å². The van der Waals surface area contributed by atoms with Gasteiger partial charge in [0.15, 0.2) is 0 Å². The molecule has 0 saturated carbocycles. The Hall–Kier alpha value is -2.28. The molecule has 1 amide bonds. The van der Waals surface area contributed by atoms with E-state index in [1.54, 1.807) is 18.2 Å². The molecule has 4 rings (SSSR count). The molecule has 1 aromatic heterocycles. The van der Waals surface area contributed by atoms with Gasteiger partial charge in [0.25, 0.3) is 0 Å². The summed E-state index contributed by atoms with van der Waals surface area (Å²) in [6.45, 7) is 2.25. The van der Waals surface area contributed by atoms with Crippen molar-refractivity contribution in [3.63, 3.8) is 0 Å². The van der Waals surface area contributed by atoms with Crippen LogP contribution in [0.1, 0.15) is 19.3 Å². The number of aromatic nitrogens is 2. The standard InChI is InChI=1S/C23H22Cl2N4OS/c24-17-6-9-19(25)21(14-17)26-22(30)15-31-23-11-10-20(27-28-23)16-4-7-18(8-5-16)29-12-2-1-3-13-29/h4-11,14H,1-3,12-13,15H2,(H,26,30). The maximum atomic E-state index is 12.2. The van der Waals surface area contributed by atoms with Crippen molar-refractivity contribution in [3.05, 3.63) is 64.6 Å². The summed E-state index contributed by atoms with van der Waals surface area (Å²) in [5.41, 5.74) is 3.59. The van der Waals surface area contributed by atoms with Gasteiger partial charge in [-0.3, -0.25) is 4.79 Å². The van der Waals surface area contributed by atoms with E-state index in [9.17, 15) is 4.79 Å². The van der Waals surface area contributed by atoms with E-state index >= 15 is 0 Å². The summed E-state index contributed by atoms with van der Waals surface area (Å²) < 4.78 is 0. The first kappa shape index (κ1) is 21.9. The zero-order valence-corrected chi connectivity index (χ0v) is 19.2. The number of anilines is 2. The van der Waals surface area contributed by atoms with Gasteiger partial charge in [-0.05, 0) is 61.7 Å². The molecule has 0 atom stereocenters. The van der Waals surface area contributed by atoms with E-state index < -0.39 is 0 Å². The van der Waals surface area contributed by atoms with Crippen molar-refractivity contribution in [2.45, 2.75) is 24.3 Å². The van der Waals surface area contributed by atoms with Crippen LogP contribution in [0, 0.1) is 0 Å². The van der Waals surface area contributed by atoms with Crippen LogP contribution in [0.2, 0.25) is 10.0 Å². The molecule has 31 heavy (non-hydrogen) atoms. The van der Waals surface area contributed by atoms with Gasteiger partial charge in [-0.2, -0.15) is 0 Å². The minimum Gasteiger partial charge on any atom is -0.372 e. The highest BCUT2D eigenvalue weighted by Crippen LogP contribution is 2.27. The lowest BCUT2D eigenvalue weighted by atomic mass is 10.1. The Morgan fingerprint density at radius 1 is 0.968 bits per heavy atom. The number of nitrogens with one attached hydrogen (secondary N) is 1. The largest absolute Gasteiger partial charge is 0.372 e. The SMILES string of the molecule is O=C(CSc1ccc(-c2ccc(N3CCCCC3)cc2)nn1)Nc1cc(Cl)ccc1Cl. The maximum absolute atomic E-state index is 12.2. The van der Waals surface area contributed by atoms with E-state index in [0.29, 0.717) is 20.8 Å². The maximum Gasteiger partial charge on any atom is 0.234 e. The number of hydrogen-bond acceptors (Lipinski definition) is 5. The Balaban J connectivity index is 1.32. The number of nitrogens with zero attached hydrogens (tertiary/aromatic N) is 3. The van der Waals surface area contributed by atoms with E-state index in [1.807, 2.05) is 12.1 Å². The molecule has 0 bridgehead atoms. The predicted molar refractivity (Wildman–Crippen MR) is 129 cm³/mol. The number of rotatable bonds is 6. The fourth-order valence-corrected chi connectivity index (χ4v) is 4.42. The molecule has 1 fully saturated rings. The zero-order chi connectivity index (χ0) is 21.6. The Bertz CT molecular complexity index is 1040.